The van der Waals surface area contributed by atoms with Crippen LogP contribution >= 0.6 is 11.3 Å². The first kappa shape index (κ1) is 35.9. The largest absolute Gasteiger partial charge is 0.231 e. The molecule has 0 fully saturated rings. The molecule has 0 N–H and O–H groups in total. The van der Waals surface area contributed by atoms with E-state index in [4.69, 9.17) is 15.1 Å². The van der Waals surface area contributed by atoms with E-state index < -0.39 is 0 Å². The molecule has 12 aromatic rings. The Morgan fingerprint density at radius 3 is 1.74 bits per heavy atom. The van der Waals surface area contributed by atoms with E-state index in [2.05, 4.69) is 205 Å². The molecule has 0 saturated heterocycles. The predicted octanol–water partition coefficient (Wildman–Crippen LogP) is 15.3. The lowest BCUT2D eigenvalue weighted by Gasteiger charge is -2.12. The molecule has 0 aliphatic heterocycles. The van der Waals surface area contributed by atoms with Crippen molar-refractivity contribution in [2.45, 2.75) is 0 Å². The van der Waals surface area contributed by atoms with Crippen LogP contribution in [0.25, 0.3) is 115 Å². The third-order valence-corrected chi connectivity index (χ3v) is 13.0. The van der Waals surface area contributed by atoms with Gasteiger partial charge in [0.1, 0.15) is 5.69 Å². The Balaban J connectivity index is 1.00. The number of hydrogen-bond acceptors (Lipinski definition) is 4. The highest BCUT2D eigenvalue weighted by molar-refractivity contribution is 7.25. The fraction of sp³-hybridized carbons (Fsp3) is 0. The van der Waals surface area contributed by atoms with Crippen molar-refractivity contribution in [3.05, 3.63) is 218 Å². The van der Waals surface area contributed by atoms with Crippen LogP contribution in [0.15, 0.2) is 218 Å². The Morgan fingerprint density at radius 1 is 0.387 bits per heavy atom. The van der Waals surface area contributed by atoms with Gasteiger partial charge in [0.15, 0.2) is 5.82 Å². The van der Waals surface area contributed by atoms with E-state index >= 15 is 0 Å². The van der Waals surface area contributed by atoms with Crippen LogP contribution < -0.4 is 0 Å². The first-order chi connectivity index (χ1) is 30.7. The molecule has 4 aromatic heterocycles. The topological polar surface area (TPSA) is 43.1 Å². The van der Waals surface area contributed by atoms with Gasteiger partial charge in [0, 0.05) is 58.9 Å². The van der Waals surface area contributed by atoms with Crippen LogP contribution in [0.3, 0.4) is 0 Å². The fourth-order valence-electron chi connectivity index (χ4n) is 8.90. The van der Waals surface area contributed by atoms with E-state index in [0.29, 0.717) is 5.82 Å². The predicted molar refractivity (Wildman–Crippen MR) is 259 cm³/mol. The Labute approximate surface area is 362 Å². The lowest BCUT2D eigenvalue weighted by molar-refractivity contribution is 0.979. The third kappa shape index (κ3) is 6.18. The molecule has 12 rings (SSSR count). The van der Waals surface area contributed by atoms with Crippen LogP contribution in [-0.2, 0) is 0 Å². The summed E-state index contributed by atoms with van der Waals surface area (Å²) in [5.41, 5.74) is 14.5. The number of fused-ring (bicyclic) bond motifs is 6. The summed E-state index contributed by atoms with van der Waals surface area (Å²) >= 11 is 1.84. The van der Waals surface area contributed by atoms with Crippen LogP contribution in [0.1, 0.15) is 0 Å². The summed E-state index contributed by atoms with van der Waals surface area (Å²) in [6.45, 7) is 0. The molecule has 290 valence electrons. The number of rotatable bonds is 7. The normalized spacial score (nSPS) is 11.5. The summed E-state index contributed by atoms with van der Waals surface area (Å²) < 4.78 is 4.73. The molecule has 0 radical (unpaired) electrons. The summed E-state index contributed by atoms with van der Waals surface area (Å²) in [6, 6.07) is 77.3. The number of nitrogens with zero attached hydrogens (tertiary/aromatic N) is 4. The van der Waals surface area contributed by atoms with Crippen LogP contribution in [-0.4, -0.2) is 19.6 Å². The summed E-state index contributed by atoms with van der Waals surface area (Å²) in [5.74, 6) is 0.686. The molecule has 5 heteroatoms. The number of hydrogen-bond donors (Lipinski definition) is 0. The Kier molecular flexibility index (Phi) is 8.65. The lowest BCUT2D eigenvalue weighted by Crippen LogP contribution is -1.96. The maximum atomic E-state index is 5.45. The molecule has 0 saturated carbocycles. The van der Waals surface area contributed by atoms with Gasteiger partial charge in [-0.3, -0.25) is 0 Å². The Hall–Kier alpha value is -7.99. The van der Waals surface area contributed by atoms with Gasteiger partial charge in [0.2, 0.25) is 0 Å². The molecule has 0 aliphatic carbocycles. The van der Waals surface area contributed by atoms with Crippen LogP contribution in [0, 0.1) is 0 Å². The van der Waals surface area contributed by atoms with Gasteiger partial charge in [-0.1, -0.05) is 188 Å². The van der Waals surface area contributed by atoms with Crippen molar-refractivity contribution in [1.29, 1.82) is 0 Å². The molecule has 0 unspecified atom stereocenters. The number of benzene rings is 8. The average molecular weight is 809 g/mol. The second kappa shape index (κ2) is 14.9. The van der Waals surface area contributed by atoms with Crippen molar-refractivity contribution in [2.75, 3.05) is 0 Å². The Morgan fingerprint density at radius 2 is 0.968 bits per heavy atom. The van der Waals surface area contributed by atoms with Gasteiger partial charge < -0.3 is 0 Å². The molecule has 0 spiro atoms. The summed E-state index contributed by atoms with van der Waals surface area (Å²) in [6.07, 6.45) is 0. The van der Waals surface area contributed by atoms with Crippen molar-refractivity contribution in [1.82, 2.24) is 19.6 Å². The number of pyridine rings is 1. The van der Waals surface area contributed by atoms with Crippen molar-refractivity contribution >= 4 is 47.8 Å². The smallest absolute Gasteiger partial charge is 0.160 e. The van der Waals surface area contributed by atoms with E-state index in [0.717, 1.165) is 78.2 Å². The van der Waals surface area contributed by atoms with E-state index in [1.165, 1.54) is 31.1 Å². The van der Waals surface area contributed by atoms with Crippen molar-refractivity contribution in [3.8, 4) is 78.7 Å². The molecule has 0 aliphatic rings. The summed E-state index contributed by atoms with van der Waals surface area (Å²) in [5, 5.41) is 10.4. The molecule has 8 aromatic carbocycles. The van der Waals surface area contributed by atoms with Gasteiger partial charge in [-0.2, -0.15) is 5.10 Å². The van der Waals surface area contributed by atoms with Crippen LogP contribution in [0.4, 0.5) is 0 Å². The first-order valence-corrected chi connectivity index (χ1v) is 21.7. The molecule has 62 heavy (non-hydrogen) atoms. The van der Waals surface area contributed by atoms with Crippen molar-refractivity contribution < 1.29 is 0 Å². The van der Waals surface area contributed by atoms with Gasteiger partial charge in [-0.25, -0.2) is 14.5 Å². The van der Waals surface area contributed by atoms with Crippen LogP contribution in [0.2, 0.25) is 0 Å². The molecule has 0 atom stereocenters. The minimum atomic E-state index is 0.686. The van der Waals surface area contributed by atoms with Gasteiger partial charge in [0.05, 0.1) is 22.6 Å². The van der Waals surface area contributed by atoms with E-state index in [1.54, 1.807) is 0 Å². The van der Waals surface area contributed by atoms with E-state index in [9.17, 15) is 0 Å². The third-order valence-electron chi connectivity index (χ3n) is 11.8. The number of thiophene rings is 1. The van der Waals surface area contributed by atoms with Gasteiger partial charge >= 0.3 is 0 Å². The maximum absolute atomic E-state index is 5.45. The monoisotopic (exact) mass is 808 g/mol. The minimum Gasteiger partial charge on any atom is -0.231 e. The van der Waals surface area contributed by atoms with E-state index in [1.807, 2.05) is 29.5 Å². The fourth-order valence-corrected chi connectivity index (χ4v) is 10.0. The molecular formula is C57H36N4S. The molecule has 0 amide bonds. The molecule has 4 nitrogen and oxygen atoms in total. The Bertz CT molecular complexity index is 3610. The lowest BCUT2D eigenvalue weighted by atomic mass is 9.96. The summed E-state index contributed by atoms with van der Waals surface area (Å²) in [4.78, 5) is 10.4. The van der Waals surface area contributed by atoms with Gasteiger partial charge in [-0.05, 0) is 52.4 Å². The standard InChI is InChI=1S/C57H36N4S/c1-4-16-38(17-5-1)50-35-43-22-10-11-25-46(43)56-53(39-18-6-2-7-19-39)55(60-61(50)56)40-32-30-37(31-33-40)48-36-49(59-57(58-48)41-20-8-3-9-21-41)44-24-14-23-42(34-44)45-27-15-29-52-54(45)47-26-12-13-28-51(47)62-52/h1-36H. The quantitative estimate of drug-likeness (QED) is 0.161. The van der Waals surface area contributed by atoms with Crippen molar-refractivity contribution in [2.24, 2.45) is 0 Å². The van der Waals surface area contributed by atoms with E-state index in [-0.39, 0.29) is 0 Å². The first-order valence-electron chi connectivity index (χ1n) is 20.9. The molecule has 0 bridgehead atoms. The summed E-state index contributed by atoms with van der Waals surface area (Å²) in [7, 11) is 0. The molecule has 4 heterocycles. The average Bonchev–Trinajstić information content (AvgIpc) is 3.95. The number of aromatic nitrogens is 4. The van der Waals surface area contributed by atoms with Gasteiger partial charge in [-0.15, -0.1) is 11.3 Å². The highest BCUT2D eigenvalue weighted by Crippen LogP contribution is 2.43. The second-order valence-electron chi connectivity index (χ2n) is 15.6. The zero-order valence-corrected chi connectivity index (χ0v) is 34.3. The van der Waals surface area contributed by atoms with Crippen LogP contribution in [0.5, 0.6) is 0 Å². The zero-order chi connectivity index (χ0) is 41.0. The minimum absolute atomic E-state index is 0.686. The van der Waals surface area contributed by atoms with Gasteiger partial charge in [0.25, 0.3) is 0 Å². The molecular weight excluding hydrogens is 773 g/mol. The SMILES string of the molecule is c1ccc(-c2nc(-c3ccc(-c4nn5c(-c6ccccc6)cc6ccccc6c5c4-c4ccccc4)cc3)cc(-c3cccc(-c4cccc5sc6ccccc6c45)c3)n2)cc1. The highest BCUT2D eigenvalue weighted by atomic mass is 32.1. The maximum Gasteiger partial charge on any atom is 0.160 e. The van der Waals surface area contributed by atoms with Crippen molar-refractivity contribution in [3.63, 3.8) is 0 Å². The highest BCUT2D eigenvalue weighted by Gasteiger charge is 2.22. The second-order valence-corrected chi connectivity index (χ2v) is 16.7. The zero-order valence-electron chi connectivity index (χ0n) is 33.5.